The third-order valence-electron chi connectivity index (χ3n) is 2.75. The molecule has 0 saturated heterocycles. The highest BCUT2D eigenvalue weighted by atomic mass is 32.2. The van der Waals surface area contributed by atoms with Crippen molar-refractivity contribution in [2.45, 2.75) is 36.1 Å². The van der Waals surface area contributed by atoms with Gasteiger partial charge in [0.2, 0.25) is 0 Å². The minimum Gasteiger partial charge on any atom is -0.327 e. The number of nitrogens with zero attached hydrogens (tertiary/aromatic N) is 2. The predicted molar refractivity (Wildman–Crippen MR) is 60.6 cm³/mol. The Morgan fingerprint density at radius 2 is 2.36 bits per heavy atom. The lowest BCUT2D eigenvalue weighted by Gasteiger charge is -2.17. The number of hydrogen-bond donors (Lipinski definition) is 1. The molecule has 1 aromatic heterocycles. The fourth-order valence-corrected chi connectivity index (χ4v) is 3.47. The summed E-state index contributed by atoms with van der Waals surface area (Å²) < 4.78 is 5.01. The molecule has 0 amide bonds. The van der Waals surface area contributed by atoms with Gasteiger partial charge in [0.05, 0.1) is 0 Å². The molecule has 1 fully saturated rings. The van der Waals surface area contributed by atoms with Gasteiger partial charge in [0.25, 0.3) is 0 Å². The van der Waals surface area contributed by atoms with Crippen LogP contribution in [0, 0.1) is 5.92 Å². The highest BCUT2D eigenvalue weighted by Crippen LogP contribution is 2.29. The van der Waals surface area contributed by atoms with Gasteiger partial charge in [-0.3, -0.25) is 0 Å². The maximum absolute atomic E-state index is 6.13. The quantitative estimate of drug-likeness (QED) is 0.804. The monoisotopic (exact) mass is 229 g/mol. The molecule has 0 aromatic carbocycles. The molecule has 0 aliphatic heterocycles. The molecule has 5 heteroatoms. The van der Waals surface area contributed by atoms with Crippen LogP contribution in [0.4, 0.5) is 0 Å². The van der Waals surface area contributed by atoms with Gasteiger partial charge in [-0.15, -0.1) is 0 Å². The van der Waals surface area contributed by atoms with Crippen LogP contribution in [0.3, 0.4) is 0 Å². The first-order valence-corrected chi connectivity index (χ1v) is 6.77. The van der Waals surface area contributed by atoms with Gasteiger partial charge in [-0.05, 0) is 30.3 Å². The van der Waals surface area contributed by atoms with Crippen LogP contribution in [0.1, 0.15) is 25.7 Å². The van der Waals surface area contributed by atoms with Gasteiger partial charge >= 0.3 is 0 Å². The average Bonchev–Trinajstić information content (AvgIpc) is 2.87. The number of aromatic nitrogens is 2. The second-order valence-electron chi connectivity index (χ2n) is 3.73. The lowest BCUT2D eigenvalue weighted by Crippen LogP contribution is -2.30. The van der Waals surface area contributed by atoms with Crippen molar-refractivity contribution in [2.24, 2.45) is 11.7 Å². The molecule has 0 radical (unpaired) electrons. The maximum Gasteiger partial charge on any atom is 0.169 e. The SMILES string of the molecule is NC(CSc1ncns1)C1CCCC1. The third kappa shape index (κ3) is 2.68. The van der Waals surface area contributed by atoms with Crippen LogP contribution in [-0.4, -0.2) is 21.2 Å². The van der Waals surface area contributed by atoms with Crippen molar-refractivity contribution in [3.63, 3.8) is 0 Å². The highest BCUT2D eigenvalue weighted by molar-refractivity contribution is 8.00. The molecular formula is C9H15N3S2. The van der Waals surface area contributed by atoms with Crippen LogP contribution < -0.4 is 5.73 Å². The minimum absolute atomic E-state index is 0.339. The summed E-state index contributed by atoms with van der Waals surface area (Å²) in [6.45, 7) is 0. The topological polar surface area (TPSA) is 51.8 Å². The average molecular weight is 229 g/mol. The van der Waals surface area contributed by atoms with Gasteiger partial charge < -0.3 is 5.73 Å². The Morgan fingerprint density at radius 1 is 1.57 bits per heavy atom. The Labute approximate surface area is 92.7 Å². The standard InChI is InChI=1S/C9H15N3S2/c10-8(7-3-1-2-4-7)5-13-9-11-6-12-14-9/h6-8H,1-5,10H2. The molecule has 1 aliphatic carbocycles. The fourth-order valence-electron chi connectivity index (χ4n) is 1.92. The summed E-state index contributed by atoms with van der Waals surface area (Å²) in [7, 11) is 0. The number of nitrogens with two attached hydrogens (primary N) is 1. The van der Waals surface area contributed by atoms with Gasteiger partial charge in [0.1, 0.15) is 6.33 Å². The van der Waals surface area contributed by atoms with Crippen LogP contribution in [0.5, 0.6) is 0 Å². The summed E-state index contributed by atoms with van der Waals surface area (Å²) in [5.74, 6) is 1.73. The van der Waals surface area contributed by atoms with Gasteiger partial charge in [0.15, 0.2) is 4.34 Å². The summed E-state index contributed by atoms with van der Waals surface area (Å²) in [6.07, 6.45) is 6.97. The van der Waals surface area contributed by atoms with Crippen LogP contribution in [0.25, 0.3) is 0 Å². The van der Waals surface area contributed by atoms with Gasteiger partial charge in [-0.25, -0.2) is 4.98 Å². The van der Waals surface area contributed by atoms with Crippen LogP contribution in [0.15, 0.2) is 10.7 Å². The molecule has 2 rings (SSSR count). The molecule has 3 nitrogen and oxygen atoms in total. The molecule has 2 N–H and O–H groups in total. The molecule has 1 heterocycles. The van der Waals surface area contributed by atoms with E-state index in [-0.39, 0.29) is 0 Å². The van der Waals surface area contributed by atoms with E-state index < -0.39 is 0 Å². The first kappa shape index (κ1) is 10.4. The molecule has 0 spiro atoms. The minimum atomic E-state index is 0.339. The zero-order valence-corrected chi connectivity index (χ0v) is 9.69. The normalized spacial score (nSPS) is 20.1. The molecule has 1 aromatic rings. The van der Waals surface area contributed by atoms with E-state index in [1.54, 1.807) is 18.1 Å². The van der Waals surface area contributed by atoms with Crippen molar-refractivity contribution in [3.05, 3.63) is 6.33 Å². The van der Waals surface area contributed by atoms with E-state index in [1.807, 2.05) is 0 Å². The summed E-state index contributed by atoms with van der Waals surface area (Å²) in [6, 6.07) is 0.339. The smallest absolute Gasteiger partial charge is 0.169 e. The zero-order valence-electron chi connectivity index (χ0n) is 8.06. The predicted octanol–water partition coefficient (Wildman–Crippen LogP) is 2.15. The summed E-state index contributed by atoms with van der Waals surface area (Å²) in [5, 5.41) is 0. The fraction of sp³-hybridized carbons (Fsp3) is 0.778. The first-order valence-electron chi connectivity index (χ1n) is 5.01. The maximum atomic E-state index is 6.13. The molecule has 1 atom stereocenters. The van der Waals surface area contributed by atoms with Crippen LogP contribution in [0.2, 0.25) is 0 Å². The van der Waals surface area contributed by atoms with E-state index in [9.17, 15) is 0 Å². The molecule has 1 saturated carbocycles. The van der Waals surface area contributed by atoms with E-state index in [2.05, 4.69) is 9.36 Å². The lowest BCUT2D eigenvalue weighted by molar-refractivity contribution is 0.463. The molecule has 78 valence electrons. The third-order valence-corrected chi connectivity index (χ3v) is 4.69. The highest BCUT2D eigenvalue weighted by Gasteiger charge is 2.22. The van der Waals surface area contributed by atoms with Gasteiger partial charge in [-0.1, -0.05) is 24.6 Å². The summed E-state index contributed by atoms with van der Waals surface area (Å²) in [4.78, 5) is 4.13. The van der Waals surface area contributed by atoms with Gasteiger partial charge in [0, 0.05) is 11.8 Å². The Bertz CT molecular complexity index is 257. The van der Waals surface area contributed by atoms with Crippen molar-refractivity contribution >= 4 is 23.3 Å². The summed E-state index contributed by atoms with van der Waals surface area (Å²) in [5.41, 5.74) is 6.13. The molecule has 14 heavy (non-hydrogen) atoms. The summed E-state index contributed by atoms with van der Waals surface area (Å²) >= 11 is 3.20. The molecular weight excluding hydrogens is 214 g/mol. The number of rotatable bonds is 4. The van der Waals surface area contributed by atoms with Crippen molar-refractivity contribution < 1.29 is 0 Å². The van der Waals surface area contributed by atoms with E-state index >= 15 is 0 Å². The van der Waals surface area contributed by atoms with Crippen LogP contribution in [-0.2, 0) is 0 Å². The zero-order chi connectivity index (χ0) is 9.80. The Kier molecular flexibility index (Phi) is 3.78. The number of hydrogen-bond acceptors (Lipinski definition) is 5. The second kappa shape index (κ2) is 5.09. The first-order chi connectivity index (χ1) is 6.86. The van der Waals surface area contributed by atoms with Crippen molar-refractivity contribution in [2.75, 3.05) is 5.75 Å². The van der Waals surface area contributed by atoms with Gasteiger partial charge in [-0.2, -0.15) is 4.37 Å². The van der Waals surface area contributed by atoms with E-state index in [0.29, 0.717) is 6.04 Å². The molecule has 1 unspecified atom stereocenters. The van der Waals surface area contributed by atoms with Crippen LogP contribution >= 0.6 is 23.3 Å². The Hall–Kier alpha value is -0.130. The van der Waals surface area contributed by atoms with E-state index in [4.69, 9.17) is 5.73 Å². The molecule has 0 bridgehead atoms. The van der Waals surface area contributed by atoms with E-state index in [1.165, 1.54) is 37.2 Å². The van der Waals surface area contributed by atoms with Crippen molar-refractivity contribution in [3.8, 4) is 0 Å². The largest absolute Gasteiger partial charge is 0.327 e. The number of thioether (sulfide) groups is 1. The molecule has 1 aliphatic rings. The second-order valence-corrected chi connectivity index (χ2v) is 5.77. The Balaban J connectivity index is 1.74. The lowest BCUT2D eigenvalue weighted by atomic mass is 10.0. The van der Waals surface area contributed by atoms with E-state index in [0.717, 1.165) is 16.0 Å². The Morgan fingerprint density at radius 3 is 3.00 bits per heavy atom. The van der Waals surface area contributed by atoms with Crippen molar-refractivity contribution in [1.29, 1.82) is 0 Å². The van der Waals surface area contributed by atoms with Crippen molar-refractivity contribution in [1.82, 2.24) is 9.36 Å².